The first-order valence-electron chi connectivity index (χ1n) is 8.15. The van der Waals surface area contributed by atoms with Crippen LogP contribution < -0.4 is 14.2 Å². The number of esters is 2. The molecule has 0 N–H and O–H groups in total. The fourth-order valence-corrected chi connectivity index (χ4v) is 2.91. The molecule has 5 heteroatoms. The molecular weight excluding hydrogens is 320 g/mol. The van der Waals surface area contributed by atoms with Crippen LogP contribution in [0.3, 0.4) is 0 Å². The van der Waals surface area contributed by atoms with Gasteiger partial charge < -0.3 is 14.2 Å². The van der Waals surface area contributed by atoms with Crippen LogP contribution in [0.4, 0.5) is 0 Å². The van der Waals surface area contributed by atoms with Crippen molar-refractivity contribution < 1.29 is 23.8 Å². The Morgan fingerprint density at radius 3 is 2.20 bits per heavy atom. The lowest BCUT2D eigenvalue weighted by Gasteiger charge is -2.26. The Balaban J connectivity index is 1.91. The van der Waals surface area contributed by atoms with E-state index in [2.05, 4.69) is 31.2 Å². The van der Waals surface area contributed by atoms with Crippen molar-refractivity contribution in [2.75, 3.05) is 6.61 Å². The van der Waals surface area contributed by atoms with Crippen LogP contribution in [-0.2, 0) is 16.0 Å². The van der Waals surface area contributed by atoms with E-state index in [0.717, 1.165) is 12.0 Å². The fraction of sp³-hybridized carbons (Fsp3) is 0.300. The second kappa shape index (κ2) is 6.97. The number of ether oxygens (including phenoxy) is 3. The van der Waals surface area contributed by atoms with E-state index in [1.807, 2.05) is 0 Å². The second-order valence-corrected chi connectivity index (χ2v) is 6.22. The number of carbonyl (C=O) groups is 2. The smallest absolute Gasteiger partial charge is 0.308 e. The van der Waals surface area contributed by atoms with Crippen molar-refractivity contribution in [1.29, 1.82) is 0 Å². The van der Waals surface area contributed by atoms with Crippen molar-refractivity contribution in [3.8, 4) is 17.2 Å². The molecule has 25 heavy (non-hydrogen) atoms. The van der Waals surface area contributed by atoms with Gasteiger partial charge in [0.1, 0.15) is 5.75 Å². The van der Waals surface area contributed by atoms with E-state index in [1.54, 1.807) is 12.1 Å². The SMILES string of the molecule is CC(=O)Oc1cc2c(cc1OC(C)=O)OCC(c1ccc(C)cc1)C2. The highest BCUT2D eigenvalue weighted by molar-refractivity contribution is 5.74. The van der Waals surface area contributed by atoms with E-state index in [9.17, 15) is 9.59 Å². The minimum Gasteiger partial charge on any atom is -0.493 e. The molecule has 0 bridgehead atoms. The van der Waals surface area contributed by atoms with Crippen molar-refractivity contribution >= 4 is 11.9 Å². The van der Waals surface area contributed by atoms with Crippen molar-refractivity contribution in [2.45, 2.75) is 33.1 Å². The lowest BCUT2D eigenvalue weighted by molar-refractivity contribution is -0.134. The molecule has 130 valence electrons. The Labute approximate surface area is 146 Å². The van der Waals surface area contributed by atoms with E-state index in [-0.39, 0.29) is 17.4 Å². The van der Waals surface area contributed by atoms with Gasteiger partial charge in [-0.15, -0.1) is 0 Å². The molecule has 1 aliphatic rings. The number of carbonyl (C=O) groups excluding carboxylic acids is 2. The molecule has 1 unspecified atom stereocenters. The Kier molecular flexibility index (Phi) is 4.74. The molecule has 0 fully saturated rings. The van der Waals surface area contributed by atoms with Gasteiger partial charge in [0.25, 0.3) is 0 Å². The van der Waals surface area contributed by atoms with Gasteiger partial charge >= 0.3 is 11.9 Å². The molecule has 2 aromatic carbocycles. The molecule has 3 rings (SSSR count). The van der Waals surface area contributed by atoms with Gasteiger partial charge in [-0.05, 0) is 30.5 Å². The van der Waals surface area contributed by atoms with Crippen LogP contribution in [0.25, 0.3) is 0 Å². The van der Waals surface area contributed by atoms with Gasteiger partial charge in [0.05, 0.1) is 6.61 Å². The molecule has 1 aliphatic heterocycles. The number of aryl methyl sites for hydroxylation is 1. The normalized spacial score (nSPS) is 15.7. The lowest BCUT2D eigenvalue weighted by atomic mass is 9.90. The monoisotopic (exact) mass is 340 g/mol. The number of hydrogen-bond donors (Lipinski definition) is 0. The third-order valence-corrected chi connectivity index (χ3v) is 4.09. The quantitative estimate of drug-likeness (QED) is 0.631. The summed E-state index contributed by atoms with van der Waals surface area (Å²) in [5.74, 6) is 0.333. The van der Waals surface area contributed by atoms with Gasteiger partial charge in [0, 0.05) is 25.8 Å². The maximum atomic E-state index is 11.3. The summed E-state index contributed by atoms with van der Waals surface area (Å²) in [6.07, 6.45) is 0.757. The van der Waals surface area contributed by atoms with E-state index in [0.29, 0.717) is 12.4 Å². The van der Waals surface area contributed by atoms with Gasteiger partial charge in [-0.25, -0.2) is 0 Å². The molecular formula is C20H20O5. The zero-order valence-corrected chi connectivity index (χ0v) is 14.5. The van der Waals surface area contributed by atoms with Crippen LogP contribution in [-0.4, -0.2) is 18.5 Å². The molecule has 1 heterocycles. The van der Waals surface area contributed by atoms with Gasteiger partial charge in [-0.2, -0.15) is 0 Å². The van der Waals surface area contributed by atoms with Crippen LogP contribution in [0.2, 0.25) is 0 Å². The number of fused-ring (bicyclic) bond motifs is 1. The minimum absolute atomic E-state index is 0.190. The first-order chi connectivity index (χ1) is 11.9. The largest absolute Gasteiger partial charge is 0.493 e. The average Bonchev–Trinajstić information content (AvgIpc) is 2.55. The fourth-order valence-electron chi connectivity index (χ4n) is 2.91. The zero-order valence-electron chi connectivity index (χ0n) is 14.5. The van der Waals surface area contributed by atoms with Crippen LogP contribution in [0.5, 0.6) is 17.2 Å². The topological polar surface area (TPSA) is 61.8 Å². The highest BCUT2D eigenvalue weighted by atomic mass is 16.6. The Morgan fingerprint density at radius 2 is 1.60 bits per heavy atom. The van der Waals surface area contributed by atoms with Crippen molar-refractivity contribution in [2.24, 2.45) is 0 Å². The summed E-state index contributed by atoms with van der Waals surface area (Å²) in [7, 11) is 0. The molecule has 0 spiro atoms. The second-order valence-electron chi connectivity index (χ2n) is 6.22. The van der Waals surface area contributed by atoms with E-state index in [4.69, 9.17) is 14.2 Å². The maximum absolute atomic E-state index is 11.3. The van der Waals surface area contributed by atoms with Crippen molar-refractivity contribution in [3.63, 3.8) is 0 Å². The Hall–Kier alpha value is -2.82. The standard InChI is InChI=1S/C20H20O5/c1-12-4-6-15(7-5-12)17-8-16-9-19(24-13(2)21)20(25-14(3)22)10-18(16)23-11-17/h4-7,9-10,17H,8,11H2,1-3H3. The summed E-state index contributed by atoms with van der Waals surface area (Å²) in [6.45, 7) is 5.20. The summed E-state index contributed by atoms with van der Waals surface area (Å²) in [6, 6.07) is 11.7. The molecule has 0 aromatic heterocycles. The van der Waals surface area contributed by atoms with Gasteiger partial charge in [0.2, 0.25) is 0 Å². The number of rotatable bonds is 3. The third-order valence-electron chi connectivity index (χ3n) is 4.09. The first kappa shape index (κ1) is 17.0. The van der Waals surface area contributed by atoms with E-state index >= 15 is 0 Å². The predicted molar refractivity (Wildman–Crippen MR) is 92.2 cm³/mol. The minimum atomic E-state index is -0.485. The zero-order chi connectivity index (χ0) is 18.0. The molecule has 1 atom stereocenters. The average molecular weight is 340 g/mol. The molecule has 5 nitrogen and oxygen atoms in total. The first-order valence-corrected chi connectivity index (χ1v) is 8.15. The van der Waals surface area contributed by atoms with E-state index < -0.39 is 11.9 Å². The Bertz CT molecular complexity index is 808. The molecule has 0 saturated heterocycles. The molecule has 0 aliphatic carbocycles. The maximum Gasteiger partial charge on any atom is 0.308 e. The van der Waals surface area contributed by atoms with Gasteiger partial charge in [-0.1, -0.05) is 29.8 Å². The van der Waals surface area contributed by atoms with Gasteiger partial charge in [0.15, 0.2) is 11.5 Å². The number of benzene rings is 2. The summed E-state index contributed by atoms with van der Waals surface area (Å²) in [5, 5.41) is 0. The molecule has 0 saturated carbocycles. The molecule has 0 amide bonds. The molecule has 0 radical (unpaired) electrons. The summed E-state index contributed by atoms with van der Waals surface area (Å²) in [4.78, 5) is 22.6. The highest BCUT2D eigenvalue weighted by Gasteiger charge is 2.25. The van der Waals surface area contributed by atoms with Crippen LogP contribution in [0.15, 0.2) is 36.4 Å². The van der Waals surface area contributed by atoms with Crippen molar-refractivity contribution in [3.05, 3.63) is 53.1 Å². The number of hydrogen-bond acceptors (Lipinski definition) is 5. The predicted octanol–water partition coefficient (Wildman–Crippen LogP) is 3.56. The molecule has 2 aromatic rings. The van der Waals surface area contributed by atoms with Crippen LogP contribution in [0.1, 0.15) is 36.5 Å². The van der Waals surface area contributed by atoms with Crippen molar-refractivity contribution in [1.82, 2.24) is 0 Å². The third kappa shape index (κ3) is 3.99. The van der Waals surface area contributed by atoms with Gasteiger partial charge in [-0.3, -0.25) is 9.59 Å². The van der Waals surface area contributed by atoms with Crippen LogP contribution >= 0.6 is 0 Å². The summed E-state index contributed by atoms with van der Waals surface area (Å²) >= 11 is 0. The van der Waals surface area contributed by atoms with Crippen LogP contribution in [0, 0.1) is 6.92 Å². The van der Waals surface area contributed by atoms with E-state index in [1.165, 1.54) is 25.0 Å². The summed E-state index contributed by atoms with van der Waals surface area (Å²) in [5.41, 5.74) is 3.34. The lowest BCUT2D eigenvalue weighted by Crippen LogP contribution is -2.20. The Morgan fingerprint density at radius 1 is 1.00 bits per heavy atom. The highest BCUT2D eigenvalue weighted by Crippen LogP contribution is 2.40. The summed E-state index contributed by atoms with van der Waals surface area (Å²) < 4.78 is 16.2.